The number of methoxy groups -OCH3 is 1. The van der Waals surface area contributed by atoms with E-state index in [1.165, 1.54) is 17.3 Å². The molecule has 0 aliphatic carbocycles. The molecule has 6 heteroatoms. The number of thioether (sulfide) groups is 1. The third-order valence-electron chi connectivity index (χ3n) is 4.98. The van der Waals surface area contributed by atoms with Crippen LogP contribution in [0.5, 0.6) is 5.75 Å². The van der Waals surface area contributed by atoms with Crippen molar-refractivity contribution in [1.29, 1.82) is 0 Å². The molecule has 0 saturated carbocycles. The number of rotatable bonds is 5. The molecule has 0 bridgehead atoms. The number of hydrogen-bond donors (Lipinski definition) is 0. The second-order valence-corrected chi connectivity index (χ2v) is 7.48. The van der Waals surface area contributed by atoms with Crippen molar-refractivity contribution >= 4 is 17.7 Å². The second kappa shape index (κ2) is 8.10. The summed E-state index contributed by atoms with van der Waals surface area (Å²) in [6.07, 6.45) is 3.68. The summed E-state index contributed by atoms with van der Waals surface area (Å²) in [7, 11) is 5.82. The lowest BCUT2D eigenvalue weighted by atomic mass is 9.93. The SMILES string of the molecule is COc1ccc([C@@H]2CN(C(=O)c3cccnc3SC)C[C@H]2N(C)C)cc1. The number of likely N-dealkylation sites (N-methyl/N-ethyl adjacent to an activating group) is 1. The van der Waals surface area contributed by atoms with Gasteiger partial charge in [0.15, 0.2) is 0 Å². The van der Waals surface area contributed by atoms with Crippen molar-refractivity contribution in [2.45, 2.75) is 17.0 Å². The second-order valence-electron chi connectivity index (χ2n) is 6.68. The normalized spacial score (nSPS) is 19.8. The van der Waals surface area contributed by atoms with E-state index in [-0.39, 0.29) is 17.9 Å². The Bertz CT molecular complexity index is 764. The highest BCUT2D eigenvalue weighted by Gasteiger charge is 2.38. The molecule has 1 fully saturated rings. The lowest BCUT2D eigenvalue weighted by molar-refractivity contribution is 0.0778. The number of likely N-dealkylation sites (tertiary alicyclic amines) is 1. The van der Waals surface area contributed by atoms with Gasteiger partial charge in [0, 0.05) is 31.2 Å². The van der Waals surface area contributed by atoms with Crippen molar-refractivity contribution in [3.63, 3.8) is 0 Å². The summed E-state index contributed by atoms with van der Waals surface area (Å²) < 4.78 is 5.26. The topological polar surface area (TPSA) is 45.7 Å². The molecule has 2 atom stereocenters. The molecule has 0 radical (unpaired) electrons. The smallest absolute Gasteiger partial charge is 0.256 e. The van der Waals surface area contributed by atoms with Gasteiger partial charge in [0.1, 0.15) is 10.8 Å². The summed E-state index contributed by atoms with van der Waals surface area (Å²) in [5.74, 6) is 1.18. The van der Waals surface area contributed by atoms with E-state index in [9.17, 15) is 4.79 Å². The Labute approximate surface area is 159 Å². The van der Waals surface area contributed by atoms with Crippen LogP contribution in [-0.2, 0) is 0 Å². The molecule has 1 aromatic carbocycles. The molecular weight excluding hydrogens is 346 g/mol. The van der Waals surface area contributed by atoms with Crippen LogP contribution in [0.3, 0.4) is 0 Å². The van der Waals surface area contributed by atoms with Gasteiger partial charge in [0.2, 0.25) is 0 Å². The van der Waals surface area contributed by atoms with Gasteiger partial charge < -0.3 is 14.5 Å². The van der Waals surface area contributed by atoms with E-state index in [2.05, 4.69) is 36.1 Å². The number of amides is 1. The number of carbonyl (C=O) groups excluding carboxylic acids is 1. The average Bonchev–Trinajstić information content (AvgIpc) is 3.13. The zero-order valence-corrected chi connectivity index (χ0v) is 16.5. The largest absolute Gasteiger partial charge is 0.497 e. The molecule has 1 saturated heterocycles. The first-order valence-corrected chi connectivity index (χ1v) is 9.86. The Hall–Kier alpha value is -2.05. The van der Waals surface area contributed by atoms with Crippen molar-refractivity contribution in [3.05, 3.63) is 53.7 Å². The minimum Gasteiger partial charge on any atom is -0.497 e. The van der Waals surface area contributed by atoms with E-state index in [4.69, 9.17) is 4.74 Å². The fraction of sp³-hybridized carbons (Fsp3) is 0.400. The van der Waals surface area contributed by atoms with Crippen LogP contribution in [-0.4, -0.2) is 67.3 Å². The van der Waals surface area contributed by atoms with Crippen molar-refractivity contribution in [2.24, 2.45) is 0 Å². The number of carbonyl (C=O) groups is 1. The van der Waals surface area contributed by atoms with Gasteiger partial charge >= 0.3 is 0 Å². The van der Waals surface area contributed by atoms with Crippen LogP contribution in [0, 0.1) is 0 Å². The Kier molecular flexibility index (Phi) is 5.84. The number of pyridine rings is 1. The average molecular weight is 372 g/mol. The first-order valence-electron chi connectivity index (χ1n) is 8.63. The lowest BCUT2D eigenvalue weighted by Gasteiger charge is -2.25. The zero-order valence-electron chi connectivity index (χ0n) is 15.7. The summed E-state index contributed by atoms with van der Waals surface area (Å²) in [5.41, 5.74) is 1.92. The summed E-state index contributed by atoms with van der Waals surface area (Å²) in [6.45, 7) is 1.42. The van der Waals surface area contributed by atoms with Gasteiger partial charge in [-0.3, -0.25) is 4.79 Å². The van der Waals surface area contributed by atoms with Gasteiger partial charge in [-0.2, -0.15) is 0 Å². The Balaban J connectivity index is 1.85. The quantitative estimate of drug-likeness (QED) is 0.756. The lowest BCUT2D eigenvalue weighted by Crippen LogP contribution is -2.36. The molecule has 2 aromatic rings. The summed E-state index contributed by atoms with van der Waals surface area (Å²) in [6, 6.07) is 12.2. The standard InChI is InChI=1S/C20H25N3O2S/c1-22(2)18-13-23(20(24)16-6-5-11-21-19(16)26-4)12-17(18)14-7-9-15(25-3)10-8-14/h5-11,17-18H,12-13H2,1-4H3/t17-,18+/m0/s1. The van der Waals surface area contributed by atoms with E-state index in [1.54, 1.807) is 13.3 Å². The van der Waals surface area contributed by atoms with Crippen LogP contribution >= 0.6 is 11.8 Å². The van der Waals surface area contributed by atoms with Crippen LogP contribution in [0.25, 0.3) is 0 Å². The van der Waals surface area contributed by atoms with Gasteiger partial charge in [-0.25, -0.2) is 4.98 Å². The molecule has 0 N–H and O–H groups in total. The van der Waals surface area contributed by atoms with Crippen LogP contribution in [0.1, 0.15) is 21.8 Å². The van der Waals surface area contributed by atoms with E-state index < -0.39 is 0 Å². The Morgan fingerprint density at radius 2 is 1.96 bits per heavy atom. The van der Waals surface area contributed by atoms with Gasteiger partial charge in [-0.05, 0) is 50.2 Å². The zero-order chi connectivity index (χ0) is 18.7. The van der Waals surface area contributed by atoms with Crippen LogP contribution in [0.2, 0.25) is 0 Å². The highest BCUT2D eigenvalue weighted by Crippen LogP contribution is 2.32. The van der Waals surface area contributed by atoms with Gasteiger partial charge in [-0.15, -0.1) is 11.8 Å². The molecule has 1 amide bonds. The maximum absolute atomic E-state index is 13.1. The van der Waals surface area contributed by atoms with Crippen LogP contribution < -0.4 is 4.74 Å². The van der Waals surface area contributed by atoms with Crippen molar-refractivity contribution < 1.29 is 9.53 Å². The summed E-state index contributed by atoms with van der Waals surface area (Å²) in [4.78, 5) is 21.6. The van der Waals surface area contributed by atoms with Gasteiger partial charge in [0.05, 0.1) is 12.7 Å². The predicted octanol–water partition coefficient (Wildman–Crippen LogP) is 2.98. The molecule has 5 nitrogen and oxygen atoms in total. The molecule has 1 aromatic heterocycles. The maximum atomic E-state index is 13.1. The third kappa shape index (κ3) is 3.71. The fourth-order valence-electron chi connectivity index (χ4n) is 3.54. The number of benzene rings is 1. The van der Waals surface area contributed by atoms with Gasteiger partial charge in [-0.1, -0.05) is 12.1 Å². The Morgan fingerprint density at radius 1 is 1.23 bits per heavy atom. The molecule has 1 aliphatic rings. The highest BCUT2D eigenvalue weighted by atomic mass is 32.2. The number of ether oxygens (including phenoxy) is 1. The number of hydrogen-bond acceptors (Lipinski definition) is 5. The maximum Gasteiger partial charge on any atom is 0.256 e. The van der Waals surface area contributed by atoms with Crippen LogP contribution in [0.15, 0.2) is 47.6 Å². The monoisotopic (exact) mass is 371 g/mol. The highest BCUT2D eigenvalue weighted by molar-refractivity contribution is 7.98. The fourth-order valence-corrected chi connectivity index (χ4v) is 4.08. The molecule has 26 heavy (non-hydrogen) atoms. The van der Waals surface area contributed by atoms with Crippen molar-refractivity contribution in [1.82, 2.24) is 14.8 Å². The molecule has 0 spiro atoms. The summed E-state index contributed by atoms with van der Waals surface area (Å²) in [5, 5.41) is 0.784. The molecular formula is C20H25N3O2S. The van der Waals surface area contributed by atoms with Gasteiger partial charge in [0.25, 0.3) is 5.91 Å². The van der Waals surface area contributed by atoms with E-state index in [1.807, 2.05) is 35.4 Å². The summed E-state index contributed by atoms with van der Waals surface area (Å²) >= 11 is 1.51. The molecule has 2 heterocycles. The number of nitrogens with zero attached hydrogens (tertiary/aromatic N) is 3. The van der Waals surface area contributed by atoms with E-state index >= 15 is 0 Å². The van der Waals surface area contributed by atoms with E-state index in [0.717, 1.165) is 10.8 Å². The van der Waals surface area contributed by atoms with E-state index in [0.29, 0.717) is 18.7 Å². The molecule has 0 unspecified atom stereocenters. The first-order chi connectivity index (χ1) is 12.5. The van der Waals surface area contributed by atoms with Crippen LogP contribution in [0.4, 0.5) is 0 Å². The van der Waals surface area contributed by atoms with Crippen molar-refractivity contribution in [2.75, 3.05) is 40.6 Å². The minimum atomic E-state index is 0.0605. The molecule has 138 valence electrons. The number of aromatic nitrogens is 1. The minimum absolute atomic E-state index is 0.0605. The molecule has 3 rings (SSSR count). The third-order valence-corrected chi connectivity index (χ3v) is 5.69. The van der Waals surface area contributed by atoms with Crippen molar-refractivity contribution in [3.8, 4) is 5.75 Å². The predicted molar refractivity (Wildman–Crippen MR) is 105 cm³/mol. The first kappa shape index (κ1) is 18.7. The Morgan fingerprint density at radius 3 is 2.58 bits per heavy atom. The molecule has 1 aliphatic heterocycles.